The van der Waals surface area contributed by atoms with Crippen LogP contribution >= 0.6 is 0 Å². The number of aromatic amines is 1. The molecule has 10 N–H and O–H groups in total. The molecule has 39 heavy (non-hydrogen) atoms. The van der Waals surface area contributed by atoms with Crippen LogP contribution < -0.4 is 27.4 Å². The van der Waals surface area contributed by atoms with Crippen LogP contribution in [0.25, 0.3) is 0 Å². The minimum absolute atomic E-state index is 0.0359. The number of nitrogens with two attached hydrogens (primary N) is 2. The summed E-state index contributed by atoms with van der Waals surface area (Å²) in [5.74, 6) is -6.30. The van der Waals surface area contributed by atoms with E-state index in [1.807, 2.05) is 0 Å². The Bertz CT molecular complexity index is 1160. The zero-order valence-electron chi connectivity index (χ0n) is 20.8. The molecule has 0 bridgehead atoms. The molecule has 0 aliphatic heterocycles. The van der Waals surface area contributed by atoms with Crippen molar-refractivity contribution in [3.05, 3.63) is 54.1 Å². The highest BCUT2D eigenvalue weighted by atomic mass is 16.4. The van der Waals surface area contributed by atoms with Gasteiger partial charge >= 0.3 is 11.9 Å². The number of H-pyrrole nitrogens is 1. The fourth-order valence-corrected chi connectivity index (χ4v) is 3.54. The zero-order chi connectivity index (χ0) is 28.9. The quantitative estimate of drug-likeness (QED) is 0.113. The molecule has 2 aromatic rings. The van der Waals surface area contributed by atoms with Gasteiger partial charge in [-0.3, -0.25) is 24.0 Å². The first-order valence-corrected chi connectivity index (χ1v) is 11.9. The Morgan fingerprint density at radius 3 is 2.05 bits per heavy atom. The fourth-order valence-electron chi connectivity index (χ4n) is 3.54. The van der Waals surface area contributed by atoms with Crippen molar-refractivity contribution < 1.29 is 39.0 Å². The number of rotatable bonds is 16. The highest BCUT2D eigenvalue weighted by Gasteiger charge is 2.31. The average Bonchev–Trinajstić information content (AvgIpc) is 3.38. The number of benzene rings is 1. The molecular formula is C24H31N7O8. The number of carbonyl (C=O) groups is 6. The van der Waals surface area contributed by atoms with Crippen LogP contribution in [0.15, 0.2) is 42.9 Å². The van der Waals surface area contributed by atoms with Crippen molar-refractivity contribution in [2.75, 3.05) is 0 Å². The van der Waals surface area contributed by atoms with Gasteiger partial charge in [-0.25, -0.2) is 9.78 Å². The fraction of sp³-hybridized carbons (Fsp3) is 0.375. The van der Waals surface area contributed by atoms with Gasteiger partial charge in [-0.05, 0) is 12.0 Å². The van der Waals surface area contributed by atoms with E-state index in [0.29, 0.717) is 11.3 Å². The van der Waals surface area contributed by atoms with Crippen molar-refractivity contribution in [1.82, 2.24) is 25.9 Å². The van der Waals surface area contributed by atoms with Crippen molar-refractivity contribution in [2.24, 2.45) is 11.5 Å². The molecule has 4 amide bonds. The number of nitrogens with zero attached hydrogens (tertiary/aromatic N) is 1. The van der Waals surface area contributed by atoms with E-state index in [0.717, 1.165) is 0 Å². The van der Waals surface area contributed by atoms with Crippen LogP contribution in [-0.4, -0.2) is 79.9 Å². The van der Waals surface area contributed by atoms with E-state index in [4.69, 9.17) is 11.5 Å². The molecule has 0 saturated heterocycles. The van der Waals surface area contributed by atoms with E-state index in [2.05, 4.69) is 25.9 Å². The summed E-state index contributed by atoms with van der Waals surface area (Å²) in [7, 11) is 0. The molecule has 210 valence electrons. The molecule has 0 radical (unpaired) electrons. The van der Waals surface area contributed by atoms with E-state index < -0.39 is 66.2 Å². The number of imidazole rings is 1. The predicted octanol–water partition coefficient (Wildman–Crippen LogP) is -2.20. The maximum atomic E-state index is 13.1. The topological polar surface area (TPSA) is 260 Å². The normalized spacial score (nSPS) is 13.8. The number of hydrogen-bond acceptors (Lipinski definition) is 8. The summed E-state index contributed by atoms with van der Waals surface area (Å²) in [5, 5.41) is 25.7. The molecule has 4 atom stereocenters. The first-order chi connectivity index (χ1) is 18.5. The Hall–Kier alpha value is -4.79. The van der Waals surface area contributed by atoms with E-state index in [1.165, 1.54) is 12.5 Å². The van der Waals surface area contributed by atoms with E-state index >= 15 is 0 Å². The van der Waals surface area contributed by atoms with E-state index in [1.54, 1.807) is 30.3 Å². The lowest BCUT2D eigenvalue weighted by Gasteiger charge is -2.24. The van der Waals surface area contributed by atoms with Gasteiger partial charge < -0.3 is 42.6 Å². The Morgan fingerprint density at radius 2 is 1.49 bits per heavy atom. The Kier molecular flexibility index (Phi) is 11.6. The number of carbonyl (C=O) groups excluding carboxylic acids is 4. The molecule has 1 aromatic heterocycles. The van der Waals surface area contributed by atoms with Crippen LogP contribution in [0, 0.1) is 0 Å². The second-order valence-electron chi connectivity index (χ2n) is 8.70. The average molecular weight is 546 g/mol. The number of amides is 4. The van der Waals surface area contributed by atoms with Crippen LogP contribution in [-0.2, 0) is 41.6 Å². The molecule has 15 nitrogen and oxygen atoms in total. The molecule has 15 heteroatoms. The van der Waals surface area contributed by atoms with Crippen molar-refractivity contribution >= 4 is 35.6 Å². The summed E-state index contributed by atoms with van der Waals surface area (Å²) in [4.78, 5) is 79.4. The summed E-state index contributed by atoms with van der Waals surface area (Å²) in [6.07, 6.45) is 1.38. The molecule has 0 aliphatic rings. The predicted molar refractivity (Wildman–Crippen MR) is 135 cm³/mol. The summed E-state index contributed by atoms with van der Waals surface area (Å²) in [5.41, 5.74) is 12.1. The first kappa shape index (κ1) is 30.4. The largest absolute Gasteiger partial charge is 0.481 e. The van der Waals surface area contributed by atoms with Crippen LogP contribution in [0.1, 0.15) is 30.5 Å². The van der Waals surface area contributed by atoms with Crippen molar-refractivity contribution in [1.29, 1.82) is 0 Å². The number of aromatic nitrogens is 2. The maximum absolute atomic E-state index is 13.1. The third-order valence-electron chi connectivity index (χ3n) is 5.55. The summed E-state index contributed by atoms with van der Waals surface area (Å²) in [6.45, 7) is 0. The Labute approximate surface area is 222 Å². The lowest BCUT2D eigenvalue weighted by Crippen LogP contribution is -2.58. The van der Waals surface area contributed by atoms with Crippen LogP contribution in [0.4, 0.5) is 0 Å². The lowest BCUT2D eigenvalue weighted by atomic mass is 10.0. The summed E-state index contributed by atoms with van der Waals surface area (Å²) in [6, 6.07) is 2.86. The molecule has 2 rings (SSSR count). The smallest absolute Gasteiger partial charge is 0.326 e. The molecule has 4 unspecified atom stereocenters. The highest BCUT2D eigenvalue weighted by Crippen LogP contribution is 2.07. The maximum Gasteiger partial charge on any atom is 0.326 e. The van der Waals surface area contributed by atoms with Gasteiger partial charge in [-0.2, -0.15) is 0 Å². The van der Waals surface area contributed by atoms with Gasteiger partial charge in [-0.15, -0.1) is 0 Å². The minimum Gasteiger partial charge on any atom is -0.481 e. The van der Waals surface area contributed by atoms with Crippen molar-refractivity contribution in [3.8, 4) is 0 Å². The molecule has 1 aromatic carbocycles. The first-order valence-electron chi connectivity index (χ1n) is 11.9. The summed E-state index contributed by atoms with van der Waals surface area (Å²) < 4.78 is 0. The van der Waals surface area contributed by atoms with Crippen LogP contribution in [0.3, 0.4) is 0 Å². The van der Waals surface area contributed by atoms with Crippen molar-refractivity contribution in [3.63, 3.8) is 0 Å². The van der Waals surface area contributed by atoms with E-state index in [-0.39, 0.29) is 25.7 Å². The monoisotopic (exact) mass is 545 g/mol. The molecule has 0 spiro atoms. The molecule has 0 saturated carbocycles. The van der Waals surface area contributed by atoms with Gasteiger partial charge in [-0.1, -0.05) is 30.3 Å². The number of aliphatic carboxylic acids is 2. The van der Waals surface area contributed by atoms with Gasteiger partial charge in [0.15, 0.2) is 0 Å². The number of primary amides is 1. The second-order valence-corrected chi connectivity index (χ2v) is 8.70. The molecule has 0 aliphatic carbocycles. The lowest BCUT2D eigenvalue weighted by molar-refractivity contribution is -0.143. The zero-order valence-corrected chi connectivity index (χ0v) is 20.8. The van der Waals surface area contributed by atoms with E-state index in [9.17, 15) is 39.0 Å². The van der Waals surface area contributed by atoms with Crippen LogP contribution in [0.2, 0.25) is 0 Å². The molecule has 0 fully saturated rings. The third-order valence-corrected chi connectivity index (χ3v) is 5.55. The number of nitrogens with one attached hydrogen (secondary N) is 4. The third kappa shape index (κ3) is 10.6. The number of hydrogen-bond donors (Lipinski definition) is 8. The minimum atomic E-state index is -1.60. The highest BCUT2D eigenvalue weighted by molar-refractivity contribution is 5.95. The Balaban J connectivity index is 2.20. The van der Waals surface area contributed by atoms with Gasteiger partial charge in [0, 0.05) is 31.2 Å². The van der Waals surface area contributed by atoms with Crippen LogP contribution in [0.5, 0.6) is 0 Å². The van der Waals surface area contributed by atoms with Gasteiger partial charge in [0.1, 0.15) is 18.1 Å². The molecular weight excluding hydrogens is 514 g/mol. The second kappa shape index (κ2) is 14.8. The Morgan fingerprint density at radius 1 is 0.872 bits per heavy atom. The van der Waals surface area contributed by atoms with Gasteiger partial charge in [0.05, 0.1) is 18.8 Å². The summed E-state index contributed by atoms with van der Waals surface area (Å²) >= 11 is 0. The van der Waals surface area contributed by atoms with Crippen molar-refractivity contribution in [2.45, 2.75) is 56.3 Å². The van der Waals surface area contributed by atoms with Gasteiger partial charge in [0.2, 0.25) is 23.6 Å². The number of carboxylic acids is 2. The standard InChI is InChI=1S/C24H31N7O8/c25-15(9-14-11-27-12-28-14)21(35)30-18(10-20(33)34)23(37)31-17(8-13-4-2-1-3-5-13)22(36)29-16(24(38)39)6-7-19(26)32/h1-5,11-12,15-18H,6-10,25H2,(H2,26,32)(H,27,28)(H,29,36)(H,30,35)(H,31,37)(H,33,34)(H,38,39). The van der Waals surface area contributed by atoms with Gasteiger partial charge in [0.25, 0.3) is 0 Å². The molecule has 1 heterocycles. The SMILES string of the molecule is NC(=O)CCC(NC(=O)C(Cc1ccccc1)NC(=O)C(CC(=O)O)NC(=O)C(N)Cc1cnc[nH]1)C(=O)O. The number of carboxylic acid groups (broad SMARTS) is 2.